The number of aliphatic hydroxyl groups excluding tert-OH is 1. The van der Waals surface area contributed by atoms with Gasteiger partial charge in [0.2, 0.25) is 0 Å². The van der Waals surface area contributed by atoms with E-state index in [1.54, 1.807) is 42.9 Å². The number of rotatable bonds is 5. The van der Waals surface area contributed by atoms with Crippen molar-refractivity contribution in [3.63, 3.8) is 0 Å². The Morgan fingerprint density at radius 3 is 2.57 bits per heavy atom. The molecule has 2 N–H and O–H groups in total. The maximum absolute atomic E-state index is 12.7. The third-order valence-corrected chi connectivity index (χ3v) is 4.81. The highest BCUT2D eigenvalue weighted by molar-refractivity contribution is 6.22. The highest BCUT2D eigenvalue weighted by Gasteiger charge is 2.19. The number of hydrogen-bond acceptors (Lipinski definition) is 5. The van der Waals surface area contributed by atoms with Gasteiger partial charge < -0.3 is 19.8 Å². The minimum absolute atomic E-state index is 0.0437. The van der Waals surface area contributed by atoms with E-state index in [2.05, 4.69) is 4.98 Å². The normalized spacial score (nSPS) is 13.1. The summed E-state index contributed by atoms with van der Waals surface area (Å²) >= 11 is 0. The molecule has 2 heterocycles. The molecule has 0 aliphatic rings. The van der Waals surface area contributed by atoms with Crippen LogP contribution in [0.3, 0.4) is 0 Å². The summed E-state index contributed by atoms with van der Waals surface area (Å²) in [4.78, 5) is 16.9. The minimum Gasteiger partial charge on any atom is -0.512 e. The summed E-state index contributed by atoms with van der Waals surface area (Å²) < 4.78 is 7.24. The maximum atomic E-state index is 12.7. The second kappa shape index (κ2) is 7.68. The van der Waals surface area contributed by atoms with E-state index in [0.717, 1.165) is 10.9 Å². The second-order valence-corrected chi connectivity index (χ2v) is 6.70. The first kappa shape index (κ1) is 19.4. The molecule has 0 spiro atoms. The number of aliphatic hydroxyl groups is 1. The number of aromatic nitrogens is 2. The largest absolute Gasteiger partial charge is 0.512 e. The molecule has 0 aliphatic heterocycles. The van der Waals surface area contributed by atoms with Crippen LogP contribution in [0, 0.1) is 5.41 Å². The molecule has 0 saturated heterocycles. The topological polar surface area (TPSA) is 88.2 Å². The van der Waals surface area contributed by atoms with Crippen LogP contribution in [0.1, 0.15) is 37.9 Å². The van der Waals surface area contributed by atoms with Crippen LogP contribution in [-0.4, -0.2) is 27.5 Å². The van der Waals surface area contributed by atoms with Crippen molar-refractivity contribution in [3.8, 4) is 5.75 Å². The molecule has 1 aromatic carbocycles. The molecule has 3 aromatic rings. The third kappa shape index (κ3) is 3.41. The fourth-order valence-electron chi connectivity index (χ4n) is 3.49. The van der Waals surface area contributed by atoms with Gasteiger partial charge in [0, 0.05) is 41.4 Å². The van der Waals surface area contributed by atoms with Crippen LogP contribution in [0.15, 0.2) is 59.3 Å². The van der Waals surface area contributed by atoms with Gasteiger partial charge in [0.1, 0.15) is 5.75 Å². The number of nitrogens with zero attached hydrogens (tertiary/aromatic N) is 2. The molecule has 1 unspecified atom stereocenters. The Bertz CT molecular complexity index is 1130. The number of benzene rings is 1. The fraction of sp³-hybridized carbons (Fsp3) is 0.227. The smallest absolute Gasteiger partial charge is 0.251 e. The van der Waals surface area contributed by atoms with Crippen molar-refractivity contribution in [1.82, 2.24) is 9.55 Å². The SMILES string of the molecule is COc1cc2c(ccc(=O)n2C(C)c2cccnc2)cc1/C(C(C)=N)=C(\C)O. The lowest BCUT2D eigenvalue weighted by atomic mass is 9.97. The van der Waals surface area contributed by atoms with Gasteiger partial charge in [-0.15, -0.1) is 0 Å². The molecule has 2 aromatic heterocycles. The standard InChI is InChI=1S/C22H23N3O3/c1-13(23)22(15(3)26)18-10-16-7-8-21(27)25(19(16)11-20(18)28-4)14(2)17-6-5-9-24-12-17/h5-12,14,23,26H,1-4H3/b22-15+,23-13?. The first-order valence-electron chi connectivity index (χ1n) is 8.94. The van der Waals surface area contributed by atoms with Gasteiger partial charge in [-0.05, 0) is 49.9 Å². The quantitative estimate of drug-likeness (QED) is 0.511. The Morgan fingerprint density at radius 2 is 2.00 bits per heavy atom. The van der Waals surface area contributed by atoms with Crippen molar-refractivity contribution in [2.45, 2.75) is 26.8 Å². The Kier molecular flexibility index (Phi) is 5.31. The first-order valence-corrected chi connectivity index (χ1v) is 8.94. The molecule has 0 amide bonds. The van der Waals surface area contributed by atoms with E-state index in [9.17, 15) is 9.90 Å². The predicted octanol–water partition coefficient (Wildman–Crippen LogP) is 4.34. The van der Waals surface area contributed by atoms with Crippen LogP contribution in [0.25, 0.3) is 16.5 Å². The van der Waals surface area contributed by atoms with Crippen LogP contribution in [0.4, 0.5) is 0 Å². The van der Waals surface area contributed by atoms with Crippen molar-refractivity contribution in [1.29, 1.82) is 5.41 Å². The van der Waals surface area contributed by atoms with Crippen molar-refractivity contribution < 1.29 is 9.84 Å². The molecule has 1 atom stereocenters. The lowest BCUT2D eigenvalue weighted by molar-refractivity contribution is 0.409. The first-order chi connectivity index (χ1) is 13.3. The molecular formula is C22H23N3O3. The van der Waals surface area contributed by atoms with E-state index in [4.69, 9.17) is 10.1 Å². The summed E-state index contributed by atoms with van der Waals surface area (Å²) in [6.45, 7) is 5.11. The fourth-order valence-corrected chi connectivity index (χ4v) is 3.49. The zero-order chi connectivity index (χ0) is 20.4. The summed E-state index contributed by atoms with van der Waals surface area (Å²) in [5.41, 5.74) is 2.76. The number of fused-ring (bicyclic) bond motifs is 1. The van der Waals surface area contributed by atoms with Gasteiger partial charge in [-0.25, -0.2) is 0 Å². The minimum atomic E-state index is -0.223. The number of hydrogen-bond donors (Lipinski definition) is 2. The zero-order valence-electron chi connectivity index (χ0n) is 16.4. The zero-order valence-corrected chi connectivity index (χ0v) is 16.4. The predicted molar refractivity (Wildman–Crippen MR) is 111 cm³/mol. The van der Waals surface area contributed by atoms with Gasteiger partial charge in [-0.3, -0.25) is 9.78 Å². The van der Waals surface area contributed by atoms with Gasteiger partial charge in [-0.1, -0.05) is 6.07 Å². The Labute approximate surface area is 163 Å². The Hall–Kier alpha value is -3.41. The summed E-state index contributed by atoms with van der Waals surface area (Å²) in [6, 6.07) is 10.4. The van der Waals surface area contributed by atoms with Crippen LogP contribution in [0.5, 0.6) is 5.75 Å². The second-order valence-electron chi connectivity index (χ2n) is 6.70. The number of pyridine rings is 2. The lowest BCUT2D eigenvalue weighted by Gasteiger charge is -2.20. The van der Waals surface area contributed by atoms with E-state index >= 15 is 0 Å². The Morgan fingerprint density at radius 1 is 1.25 bits per heavy atom. The number of methoxy groups -OCH3 is 1. The molecule has 28 heavy (non-hydrogen) atoms. The van der Waals surface area contributed by atoms with E-state index in [1.165, 1.54) is 13.2 Å². The summed E-state index contributed by atoms with van der Waals surface area (Å²) in [5, 5.41) is 18.9. The van der Waals surface area contributed by atoms with E-state index in [0.29, 0.717) is 22.4 Å². The average Bonchev–Trinajstić information content (AvgIpc) is 2.67. The van der Waals surface area contributed by atoms with Crippen molar-refractivity contribution in [2.24, 2.45) is 0 Å². The van der Waals surface area contributed by atoms with Gasteiger partial charge in [0.25, 0.3) is 5.56 Å². The Balaban J connectivity index is 2.32. The van der Waals surface area contributed by atoms with Crippen LogP contribution in [-0.2, 0) is 0 Å². The highest BCUT2D eigenvalue weighted by atomic mass is 16.5. The van der Waals surface area contributed by atoms with Gasteiger partial charge in [0.05, 0.1) is 24.4 Å². The van der Waals surface area contributed by atoms with Crippen molar-refractivity contribution in [2.75, 3.05) is 7.11 Å². The third-order valence-electron chi connectivity index (χ3n) is 4.81. The van der Waals surface area contributed by atoms with Gasteiger partial charge >= 0.3 is 0 Å². The lowest BCUT2D eigenvalue weighted by Crippen LogP contribution is -2.23. The van der Waals surface area contributed by atoms with Crippen LogP contribution in [0.2, 0.25) is 0 Å². The molecular weight excluding hydrogens is 354 g/mol. The number of allylic oxidation sites excluding steroid dienone is 2. The monoisotopic (exact) mass is 377 g/mol. The van der Waals surface area contributed by atoms with E-state index in [1.807, 2.05) is 25.1 Å². The molecule has 0 saturated carbocycles. The van der Waals surface area contributed by atoms with Crippen LogP contribution < -0.4 is 10.3 Å². The van der Waals surface area contributed by atoms with E-state index in [-0.39, 0.29) is 23.1 Å². The van der Waals surface area contributed by atoms with Crippen LogP contribution >= 0.6 is 0 Å². The maximum Gasteiger partial charge on any atom is 0.251 e. The van der Waals surface area contributed by atoms with Crippen molar-refractivity contribution >= 4 is 22.2 Å². The summed E-state index contributed by atoms with van der Waals surface area (Å²) in [5.74, 6) is 0.530. The molecule has 144 valence electrons. The number of nitrogens with one attached hydrogen (secondary N) is 1. The molecule has 6 nitrogen and oxygen atoms in total. The summed E-state index contributed by atoms with van der Waals surface area (Å²) in [6.07, 6.45) is 3.44. The summed E-state index contributed by atoms with van der Waals surface area (Å²) in [7, 11) is 1.53. The van der Waals surface area contributed by atoms with Gasteiger partial charge in [0.15, 0.2) is 0 Å². The average molecular weight is 377 g/mol. The molecule has 3 rings (SSSR count). The van der Waals surface area contributed by atoms with Crippen molar-refractivity contribution in [3.05, 3.63) is 76.0 Å². The van der Waals surface area contributed by atoms with Gasteiger partial charge in [-0.2, -0.15) is 0 Å². The molecule has 0 aliphatic carbocycles. The highest BCUT2D eigenvalue weighted by Crippen LogP contribution is 2.33. The molecule has 0 fully saturated rings. The molecule has 0 bridgehead atoms. The molecule has 0 radical (unpaired) electrons. The number of ether oxygens (including phenoxy) is 1. The molecule has 6 heteroatoms. The van der Waals surface area contributed by atoms with E-state index < -0.39 is 0 Å².